The van der Waals surface area contributed by atoms with Crippen LogP contribution in [0.5, 0.6) is 0 Å². The number of aromatic nitrogens is 4. The maximum atomic E-state index is 12.0. The molecule has 7 heteroatoms. The number of esters is 1. The molecule has 2 rings (SSSR count). The number of carbonyl (C=O) groups excluding carboxylic acids is 1. The molecule has 20 heavy (non-hydrogen) atoms. The summed E-state index contributed by atoms with van der Waals surface area (Å²) in [5, 5.41) is 6.90. The van der Waals surface area contributed by atoms with Gasteiger partial charge in [0.25, 0.3) is 0 Å². The van der Waals surface area contributed by atoms with Crippen molar-refractivity contribution in [2.45, 2.75) is 19.9 Å². The third-order valence-corrected chi connectivity index (χ3v) is 3.24. The van der Waals surface area contributed by atoms with Crippen LogP contribution in [0.1, 0.15) is 19.9 Å². The molecule has 0 fully saturated rings. The van der Waals surface area contributed by atoms with Crippen LogP contribution in [0.15, 0.2) is 24.4 Å². The average molecular weight is 292 g/mol. The maximum absolute atomic E-state index is 12.0. The molecule has 0 spiro atoms. The minimum atomic E-state index is -0.539. The molecule has 0 aromatic carbocycles. The summed E-state index contributed by atoms with van der Waals surface area (Å²) in [7, 11) is 1.36. The molecule has 2 aromatic heterocycles. The molecule has 0 saturated heterocycles. The van der Waals surface area contributed by atoms with Gasteiger partial charge in [0.05, 0.1) is 7.11 Å². The average Bonchev–Trinajstić information content (AvgIpc) is 2.81. The molecular weight excluding hydrogens is 276 g/mol. The van der Waals surface area contributed by atoms with Gasteiger partial charge >= 0.3 is 5.97 Å². The van der Waals surface area contributed by atoms with Crippen LogP contribution in [0, 0.1) is 10.7 Å². The van der Waals surface area contributed by atoms with E-state index in [1.807, 2.05) is 32.0 Å². The third-order valence-electron chi connectivity index (χ3n) is 2.95. The van der Waals surface area contributed by atoms with E-state index in [0.717, 1.165) is 0 Å². The number of rotatable bonds is 4. The van der Waals surface area contributed by atoms with Gasteiger partial charge in [-0.15, -0.1) is 0 Å². The summed E-state index contributed by atoms with van der Waals surface area (Å²) in [5.41, 5.74) is 0.648. The van der Waals surface area contributed by atoms with Crippen molar-refractivity contribution in [3.8, 4) is 11.5 Å². The van der Waals surface area contributed by atoms with E-state index >= 15 is 0 Å². The number of hydrogen-bond acceptors (Lipinski definition) is 5. The second kappa shape index (κ2) is 5.96. The molecule has 1 atom stereocenters. The van der Waals surface area contributed by atoms with Gasteiger partial charge < -0.3 is 4.74 Å². The number of H-pyrrole nitrogens is 1. The van der Waals surface area contributed by atoms with Crippen LogP contribution >= 0.6 is 12.2 Å². The molecule has 6 nitrogen and oxygen atoms in total. The van der Waals surface area contributed by atoms with Gasteiger partial charge in [-0.2, -0.15) is 5.10 Å². The smallest absolute Gasteiger partial charge is 0.329 e. The predicted octanol–water partition coefficient (Wildman–Crippen LogP) is 2.37. The minimum Gasteiger partial charge on any atom is -0.467 e. The first-order chi connectivity index (χ1) is 9.56. The molecule has 0 aliphatic rings. The number of pyridine rings is 1. The number of nitrogens with one attached hydrogen (secondary N) is 1. The first kappa shape index (κ1) is 14.4. The van der Waals surface area contributed by atoms with Crippen molar-refractivity contribution < 1.29 is 9.53 Å². The number of hydrogen-bond donors (Lipinski definition) is 1. The highest BCUT2D eigenvalue weighted by molar-refractivity contribution is 7.71. The zero-order valence-corrected chi connectivity index (χ0v) is 12.3. The lowest BCUT2D eigenvalue weighted by Crippen LogP contribution is -2.26. The van der Waals surface area contributed by atoms with E-state index in [4.69, 9.17) is 17.0 Å². The lowest BCUT2D eigenvalue weighted by atomic mass is 10.0. The molecule has 0 saturated carbocycles. The van der Waals surface area contributed by atoms with Crippen molar-refractivity contribution in [2.24, 2.45) is 5.92 Å². The van der Waals surface area contributed by atoms with Gasteiger partial charge in [-0.05, 0) is 30.3 Å². The summed E-state index contributed by atoms with van der Waals surface area (Å²) in [6, 6.07) is 4.95. The van der Waals surface area contributed by atoms with E-state index in [1.165, 1.54) is 7.11 Å². The number of aromatic amines is 1. The van der Waals surface area contributed by atoms with Crippen molar-refractivity contribution in [1.29, 1.82) is 0 Å². The fraction of sp³-hybridized carbons (Fsp3) is 0.385. The molecule has 2 heterocycles. The van der Waals surface area contributed by atoms with Gasteiger partial charge in [0, 0.05) is 6.20 Å². The Bertz CT molecular complexity index is 648. The zero-order chi connectivity index (χ0) is 14.7. The van der Waals surface area contributed by atoms with Crippen LogP contribution in [0.2, 0.25) is 0 Å². The monoisotopic (exact) mass is 292 g/mol. The second-order valence-electron chi connectivity index (χ2n) is 4.65. The van der Waals surface area contributed by atoms with Crippen molar-refractivity contribution in [1.82, 2.24) is 19.7 Å². The van der Waals surface area contributed by atoms with E-state index in [2.05, 4.69) is 15.2 Å². The summed E-state index contributed by atoms with van der Waals surface area (Å²) >= 11 is 5.24. The van der Waals surface area contributed by atoms with Crippen LogP contribution in [0.4, 0.5) is 0 Å². The molecule has 1 N–H and O–H groups in total. The quantitative estimate of drug-likeness (QED) is 0.692. The molecular formula is C13H16N4O2S. The van der Waals surface area contributed by atoms with Gasteiger partial charge in [0.15, 0.2) is 10.6 Å². The maximum Gasteiger partial charge on any atom is 0.329 e. The Morgan fingerprint density at radius 2 is 2.20 bits per heavy atom. The Balaban J connectivity index is 2.59. The predicted molar refractivity (Wildman–Crippen MR) is 76.5 cm³/mol. The standard InChI is InChI=1S/C13H16N4O2S/c1-8(2)10(12(18)19-3)17-11(15-16-13(17)20)9-6-4-5-7-14-9/h4-8,10H,1-3H3,(H,16,20). The minimum absolute atomic E-state index is 0.00853. The molecule has 106 valence electrons. The van der Waals surface area contributed by atoms with Crippen LogP contribution in [-0.2, 0) is 9.53 Å². The summed E-state index contributed by atoms with van der Waals surface area (Å²) in [6.07, 6.45) is 1.67. The van der Waals surface area contributed by atoms with Gasteiger partial charge in [-0.25, -0.2) is 4.79 Å². The Morgan fingerprint density at radius 3 is 2.75 bits per heavy atom. The normalized spacial score (nSPS) is 12.4. The lowest BCUT2D eigenvalue weighted by molar-refractivity contribution is -0.146. The first-order valence-electron chi connectivity index (χ1n) is 6.22. The summed E-state index contributed by atoms with van der Waals surface area (Å²) < 4.78 is 6.91. The van der Waals surface area contributed by atoms with E-state index in [9.17, 15) is 4.79 Å². The fourth-order valence-electron chi connectivity index (χ4n) is 2.03. The molecule has 0 bridgehead atoms. The van der Waals surface area contributed by atoms with E-state index in [1.54, 1.807) is 10.8 Å². The highest BCUT2D eigenvalue weighted by Crippen LogP contribution is 2.25. The number of ether oxygens (including phenoxy) is 1. The summed E-state index contributed by atoms with van der Waals surface area (Å²) in [4.78, 5) is 16.3. The van der Waals surface area contributed by atoms with Crippen LogP contribution < -0.4 is 0 Å². The van der Waals surface area contributed by atoms with Crippen LogP contribution in [-0.4, -0.2) is 32.8 Å². The van der Waals surface area contributed by atoms with Crippen molar-refractivity contribution >= 4 is 18.2 Å². The lowest BCUT2D eigenvalue weighted by Gasteiger charge is -2.20. The number of carbonyl (C=O) groups is 1. The number of nitrogens with zero attached hydrogens (tertiary/aromatic N) is 3. The van der Waals surface area contributed by atoms with Gasteiger partial charge in [-0.1, -0.05) is 19.9 Å². The Morgan fingerprint density at radius 1 is 1.45 bits per heavy atom. The van der Waals surface area contributed by atoms with Crippen molar-refractivity contribution in [2.75, 3.05) is 7.11 Å². The molecule has 2 aromatic rings. The van der Waals surface area contributed by atoms with E-state index < -0.39 is 6.04 Å². The largest absolute Gasteiger partial charge is 0.467 e. The summed E-state index contributed by atoms with van der Waals surface area (Å²) in [6.45, 7) is 3.86. The summed E-state index contributed by atoms with van der Waals surface area (Å²) in [5.74, 6) is 0.184. The molecule has 0 aliphatic heterocycles. The SMILES string of the molecule is COC(=O)C(C(C)C)n1c(-c2ccccn2)n[nH]c1=S. The van der Waals surface area contributed by atoms with E-state index in [0.29, 0.717) is 16.3 Å². The van der Waals surface area contributed by atoms with Gasteiger partial charge in [0.1, 0.15) is 11.7 Å². The third kappa shape index (κ3) is 2.62. The fourth-order valence-corrected chi connectivity index (χ4v) is 2.28. The topological polar surface area (TPSA) is 72.8 Å². The van der Waals surface area contributed by atoms with Gasteiger partial charge in [-0.3, -0.25) is 14.6 Å². The van der Waals surface area contributed by atoms with Crippen molar-refractivity contribution in [3.63, 3.8) is 0 Å². The second-order valence-corrected chi connectivity index (χ2v) is 5.04. The first-order valence-corrected chi connectivity index (χ1v) is 6.63. The molecule has 0 aliphatic carbocycles. The number of methoxy groups -OCH3 is 1. The van der Waals surface area contributed by atoms with Crippen LogP contribution in [0.25, 0.3) is 11.5 Å². The molecule has 0 amide bonds. The molecule has 1 unspecified atom stereocenters. The van der Waals surface area contributed by atoms with Crippen LogP contribution in [0.3, 0.4) is 0 Å². The van der Waals surface area contributed by atoms with E-state index in [-0.39, 0.29) is 11.9 Å². The van der Waals surface area contributed by atoms with Crippen molar-refractivity contribution in [3.05, 3.63) is 29.2 Å². The highest BCUT2D eigenvalue weighted by atomic mass is 32.1. The Hall–Kier alpha value is -2.02. The highest BCUT2D eigenvalue weighted by Gasteiger charge is 2.29. The zero-order valence-electron chi connectivity index (χ0n) is 11.5. The Labute approximate surface area is 121 Å². The molecule has 0 radical (unpaired) electrons. The Kier molecular flexibility index (Phi) is 4.29. The van der Waals surface area contributed by atoms with Gasteiger partial charge in [0.2, 0.25) is 0 Å².